The molecule has 96 valence electrons. The first-order valence-electron chi connectivity index (χ1n) is 5.94. The van der Waals surface area contributed by atoms with Crippen molar-refractivity contribution in [2.24, 2.45) is 0 Å². The monoisotopic (exact) mass is 325 g/mol. The standard InChI is InChI=1S/C13H16BrN3S/c1-9-5-6-10(14)8-11(9)13-17-16-12(18-13)4-3-7-15-2/h5-6,8,15H,3-4,7H2,1-2H3. The minimum Gasteiger partial charge on any atom is -0.320 e. The molecule has 0 atom stereocenters. The van der Waals surface area contributed by atoms with Crippen molar-refractivity contribution in [1.82, 2.24) is 15.5 Å². The summed E-state index contributed by atoms with van der Waals surface area (Å²) in [5, 5.41) is 13.8. The smallest absolute Gasteiger partial charge is 0.148 e. The van der Waals surface area contributed by atoms with E-state index in [0.29, 0.717) is 0 Å². The number of hydrogen-bond donors (Lipinski definition) is 1. The molecule has 1 aromatic heterocycles. The summed E-state index contributed by atoms with van der Waals surface area (Å²) >= 11 is 5.19. The number of halogens is 1. The molecule has 0 saturated carbocycles. The van der Waals surface area contributed by atoms with Crippen molar-refractivity contribution in [2.45, 2.75) is 19.8 Å². The Morgan fingerprint density at radius 3 is 2.94 bits per heavy atom. The Bertz CT molecular complexity index is 525. The van der Waals surface area contributed by atoms with Gasteiger partial charge >= 0.3 is 0 Å². The summed E-state index contributed by atoms with van der Waals surface area (Å²) in [4.78, 5) is 0. The van der Waals surface area contributed by atoms with E-state index in [-0.39, 0.29) is 0 Å². The zero-order valence-electron chi connectivity index (χ0n) is 10.5. The van der Waals surface area contributed by atoms with Gasteiger partial charge < -0.3 is 5.32 Å². The highest BCUT2D eigenvalue weighted by Gasteiger charge is 2.09. The topological polar surface area (TPSA) is 37.8 Å². The van der Waals surface area contributed by atoms with Crippen LogP contribution >= 0.6 is 27.3 Å². The number of aromatic nitrogens is 2. The largest absolute Gasteiger partial charge is 0.320 e. The maximum absolute atomic E-state index is 4.29. The van der Waals surface area contributed by atoms with E-state index in [2.05, 4.69) is 50.5 Å². The third-order valence-electron chi connectivity index (χ3n) is 2.71. The van der Waals surface area contributed by atoms with Crippen molar-refractivity contribution in [2.75, 3.05) is 13.6 Å². The molecular weight excluding hydrogens is 310 g/mol. The lowest BCUT2D eigenvalue weighted by Crippen LogP contribution is -2.08. The van der Waals surface area contributed by atoms with Crippen LogP contribution in [0, 0.1) is 6.92 Å². The van der Waals surface area contributed by atoms with Crippen molar-refractivity contribution < 1.29 is 0 Å². The fourth-order valence-corrected chi connectivity index (χ4v) is 3.03. The van der Waals surface area contributed by atoms with Gasteiger partial charge in [-0.25, -0.2) is 0 Å². The molecule has 1 N–H and O–H groups in total. The zero-order chi connectivity index (χ0) is 13.0. The van der Waals surface area contributed by atoms with Crippen molar-refractivity contribution in [1.29, 1.82) is 0 Å². The fourth-order valence-electron chi connectivity index (χ4n) is 1.70. The van der Waals surface area contributed by atoms with Crippen LogP contribution in [0.1, 0.15) is 17.0 Å². The van der Waals surface area contributed by atoms with E-state index < -0.39 is 0 Å². The summed E-state index contributed by atoms with van der Waals surface area (Å²) in [6.07, 6.45) is 2.09. The minimum absolute atomic E-state index is 0.992. The molecule has 0 amide bonds. The van der Waals surface area contributed by atoms with Gasteiger partial charge in [-0.3, -0.25) is 0 Å². The summed E-state index contributed by atoms with van der Waals surface area (Å²) < 4.78 is 1.08. The summed E-state index contributed by atoms with van der Waals surface area (Å²) in [7, 11) is 1.97. The summed E-state index contributed by atoms with van der Waals surface area (Å²) in [6, 6.07) is 6.25. The van der Waals surface area contributed by atoms with Crippen LogP contribution in [0.4, 0.5) is 0 Å². The van der Waals surface area contributed by atoms with Crippen LogP contribution in [0.2, 0.25) is 0 Å². The summed E-state index contributed by atoms with van der Waals surface area (Å²) in [5.41, 5.74) is 2.40. The van der Waals surface area contributed by atoms with Crippen LogP contribution in [-0.2, 0) is 6.42 Å². The van der Waals surface area contributed by atoms with Crippen molar-refractivity contribution >= 4 is 27.3 Å². The normalized spacial score (nSPS) is 10.8. The van der Waals surface area contributed by atoms with E-state index in [1.165, 1.54) is 11.1 Å². The molecule has 0 saturated heterocycles. The highest BCUT2D eigenvalue weighted by atomic mass is 79.9. The Labute approximate surface area is 120 Å². The van der Waals surface area contributed by atoms with Crippen molar-refractivity contribution in [3.8, 4) is 10.6 Å². The van der Waals surface area contributed by atoms with E-state index >= 15 is 0 Å². The molecule has 0 aliphatic carbocycles. The predicted molar refractivity (Wildman–Crippen MR) is 80.0 cm³/mol. The number of nitrogens with one attached hydrogen (secondary N) is 1. The lowest BCUT2D eigenvalue weighted by atomic mass is 10.1. The third kappa shape index (κ3) is 3.37. The van der Waals surface area contributed by atoms with E-state index in [0.717, 1.165) is 33.9 Å². The lowest BCUT2D eigenvalue weighted by molar-refractivity contribution is 0.718. The predicted octanol–water partition coefficient (Wildman–Crippen LogP) is 3.43. The zero-order valence-corrected chi connectivity index (χ0v) is 12.9. The molecule has 2 aromatic rings. The molecule has 0 bridgehead atoms. The number of rotatable bonds is 5. The van der Waals surface area contributed by atoms with Gasteiger partial charge in [0, 0.05) is 16.5 Å². The number of nitrogens with zero attached hydrogens (tertiary/aromatic N) is 2. The SMILES string of the molecule is CNCCCc1nnc(-c2cc(Br)ccc2C)s1. The second-order valence-electron chi connectivity index (χ2n) is 4.17. The van der Waals surface area contributed by atoms with Gasteiger partial charge in [-0.1, -0.05) is 33.3 Å². The Morgan fingerprint density at radius 2 is 2.17 bits per heavy atom. The molecule has 5 heteroatoms. The quantitative estimate of drug-likeness (QED) is 0.856. The van der Waals surface area contributed by atoms with Gasteiger partial charge in [0.1, 0.15) is 10.0 Å². The average molecular weight is 326 g/mol. The Balaban J connectivity index is 2.16. The van der Waals surface area contributed by atoms with Crippen LogP contribution in [-0.4, -0.2) is 23.8 Å². The molecule has 0 fully saturated rings. The maximum Gasteiger partial charge on any atom is 0.148 e. The Hall–Kier alpha value is -0.780. The molecule has 0 spiro atoms. The Morgan fingerprint density at radius 1 is 1.33 bits per heavy atom. The molecule has 0 aliphatic rings. The first kappa shape index (κ1) is 13.6. The molecule has 2 rings (SSSR count). The van der Waals surface area contributed by atoms with E-state index in [4.69, 9.17) is 0 Å². The van der Waals surface area contributed by atoms with Crippen LogP contribution in [0.25, 0.3) is 10.6 Å². The van der Waals surface area contributed by atoms with Gasteiger partial charge in [-0.05, 0) is 44.6 Å². The summed E-state index contributed by atoms with van der Waals surface area (Å²) in [5.74, 6) is 0. The van der Waals surface area contributed by atoms with Gasteiger partial charge in [-0.2, -0.15) is 0 Å². The van der Waals surface area contributed by atoms with E-state index in [1.54, 1.807) is 11.3 Å². The maximum atomic E-state index is 4.29. The van der Waals surface area contributed by atoms with Crippen LogP contribution < -0.4 is 5.32 Å². The Kier molecular flexibility index (Phi) is 4.86. The second-order valence-corrected chi connectivity index (χ2v) is 6.15. The average Bonchev–Trinajstić information content (AvgIpc) is 2.81. The molecule has 18 heavy (non-hydrogen) atoms. The number of aryl methyl sites for hydroxylation is 2. The fraction of sp³-hybridized carbons (Fsp3) is 0.385. The van der Waals surface area contributed by atoms with E-state index in [1.807, 2.05) is 13.1 Å². The first-order valence-corrected chi connectivity index (χ1v) is 7.55. The number of hydrogen-bond acceptors (Lipinski definition) is 4. The van der Waals surface area contributed by atoms with Gasteiger partial charge in [0.05, 0.1) is 0 Å². The molecule has 0 aliphatic heterocycles. The summed E-state index contributed by atoms with van der Waals surface area (Å²) in [6.45, 7) is 3.12. The van der Waals surface area contributed by atoms with Crippen molar-refractivity contribution in [3.63, 3.8) is 0 Å². The van der Waals surface area contributed by atoms with Gasteiger partial charge in [-0.15, -0.1) is 10.2 Å². The molecule has 1 heterocycles. The minimum atomic E-state index is 0.992. The second kappa shape index (κ2) is 6.41. The highest BCUT2D eigenvalue weighted by Crippen LogP contribution is 2.29. The first-order chi connectivity index (χ1) is 8.70. The van der Waals surface area contributed by atoms with Crippen molar-refractivity contribution in [3.05, 3.63) is 33.2 Å². The molecule has 3 nitrogen and oxygen atoms in total. The lowest BCUT2D eigenvalue weighted by Gasteiger charge is -2.01. The van der Waals surface area contributed by atoms with Gasteiger partial charge in [0.25, 0.3) is 0 Å². The van der Waals surface area contributed by atoms with Crippen LogP contribution in [0.5, 0.6) is 0 Å². The van der Waals surface area contributed by atoms with Gasteiger partial charge in [0.15, 0.2) is 0 Å². The molecule has 0 unspecified atom stereocenters. The van der Waals surface area contributed by atoms with Crippen LogP contribution in [0.15, 0.2) is 22.7 Å². The van der Waals surface area contributed by atoms with Gasteiger partial charge in [0.2, 0.25) is 0 Å². The molecular formula is C13H16BrN3S. The highest BCUT2D eigenvalue weighted by molar-refractivity contribution is 9.10. The van der Waals surface area contributed by atoms with E-state index in [9.17, 15) is 0 Å². The molecule has 0 radical (unpaired) electrons. The molecule has 1 aromatic carbocycles. The number of benzene rings is 1. The van der Waals surface area contributed by atoms with Crippen LogP contribution in [0.3, 0.4) is 0 Å². The third-order valence-corrected chi connectivity index (χ3v) is 4.22.